The van der Waals surface area contributed by atoms with Crippen molar-refractivity contribution in [1.82, 2.24) is 9.80 Å². The van der Waals surface area contributed by atoms with Crippen molar-refractivity contribution in [2.75, 3.05) is 26.7 Å². The Bertz CT molecular complexity index is 872. The molecule has 0 bridgehead atoms. The molecule has 2 aromatic carbocycles. The number of urea groups is 1. The third-order valence-electron chi connectivity index (χ3n) is 5.49. The molecule has 160 valence electrons. The van der Waals surface area contributed by atoms with Gasteiger partial charge in [0, 0.05) is 26.2 Å². The molecule has 1 saturated heterocycles. The summed E-state index contributed by atoms with van der Waals surface area (Å²) in [4.78, 5) is 28.2. The van der Waals surface area contributed by atoms with Crippen LogP contribution in [0.3, 0.4) is 0 Å². The van der Waals surface area contributed by atoms with Gasteiger partial charge < -0.3 is 20.3 Å². The first kappa shape index (κ1) is 21.6. The van der Waals surface area contributed by atoms with Crippen LogP contribution in [-0.2, 0) is 17.8 Å². The topological polar surface area (TPSA) is 75.9 Å². The molecule has 1 heterocycles. The minimum Gasteiger partial charge on any atom is -0.497 e. The summed E-state index contributed by atoms with van der Waals surface area (Å²) in [5.41, 5.74) is 7.34. The standard InChI is InChI=1S/C23H28FN3O3/c1-30-21-6-2-4-17(14-21)11-13-26(15-18-7-9-20(24)10-8-18)22(28)19-5-3-12-27(16-19)23(25)29/h2,4,6-10,14,19H,3,5,11-13,15-16H2,1H3,(H2,25,29). The van der Waals surface area contributed by atoms with Crippen molar-refractivity contribution in [2.24, 2.45) is 11.7 Å². The van der Waals surface area contributed by atoms with Crippen LogP contribution in [0.4, 0.5) is 9.18 Å². The quantitative estimate of drug-likeness (QED) is 0.757. The molecule has 3 amide bonds. The zero-order valence-corrected chi connectivity index (χ0v) is 17.2. The number of benzene rings is 2. The summed E-state index contributed by atoms with van der Waals surface area (Å²) in [5.74, 6) is 0.177. The number of likely N-dealkylation sites (tertiary alicyclic amines) is 1. The van der Waals surface area contributed by atoms with E-state index in [1.807, 2.05) is 24.3 Å². The average molecular weight is 413 g/mol. The van der Waals surface area contributed by atoms with Crippen LogP contribution in [0.1, 0.15) is 24.0 Å². The molecular formula is C23H28FN3O3. The van der Waals surface area contributed by atoms with E-state index in [9.17, 15) is 14.0 Å². The number of ether oxygens (including phenoxy) is 1. The predicted octanol–water partition coefficient (Wildman–Crippen LogP) is 3.20. The summed E-state index contributed by atoms with van der Waals surface area (Å²) in [7, 11) is 1.62. The molecule has 3 rings (SSSR count). The van der Waals surface area contributed by atoms with E-state index in [4.69, 9.17) is 10.5 Å². The predicted molar refractivity (Wildman–Crippen MR) is 112 cm³/mol. The van der Waals surface area contributed by atoms with E-state index in [1.165, 1.54) is 17.0 Å². The number of nitrogens with two attached hydrogens (primary N) is 1. The Morgan fingerprint density at radius 3 is 2.67 bits per heavy atom. The fraction of sp³-hybridized carbons (Fsp3) is 0.391. The Labute approximate surface area is 176 Å². The minimum absolute atomic E-state index is 0.00632. The summed E-state index contributed by atoms with van der Waals surface area (Å²) in [5, 5.41) is 0. The van der Waals surface area contributed by atoms with E-state index in [-0.39, 0.29) is 17.6 Å². The second kappa shape index (κ2) is 10.1. The second-order valence-electron chi connectivity index (χ2n) is 7.61. The maximum atomic E-state index is 13.3. The first-order valence-corrected chi connectivity index (χ1v) is 10.2. The lowest BCUT2D eigenvalue weighted by Gasteiger charge is -2.34. The maximum absolute atomic E-state index is 13.3. The molecule has 0 radical (unpaired) electrons. The van der Waals surface area contributed by atoms with Crippen molar-refractivity contribution >= 4 is 11.9 Å². The highest BCUT2D eigenvalue weighted by Crippen LogP contribution is 2.21. The van der Waals surface area contributed by atoms with Crippen molar-refractivity contribution in [3.63, 3.8) is 0 Å². The van der Waals surface area contributed by atoms with Gasteiger partial charge in [0.25, 0.3) is 0 Å². The highest BCUT2D eigenvalue weighted by Gasteiger charge is 2.30. The van der Waals surface area contributed by atoms with Gasteiger partial charge in [0.15, 0.2) is 0 Å². The zero-order chi connectivity index (χ0) is 21.5. The van der Waals surface area contributed by atoms with Crippen molar-refractivity contribution in [2.45, 2.75) is 25.8 Å². The van der Waals surface area contributed by atoms with E-state index < -0.39 is 6.03 Å². The van der Waals surface area contributed by atoms with Crippen LogP contribution < -0.4 is 10.5 Å². The van der Waals surface area contributed by atoms with E-state index in [0.717, 1.165) is 29.7 Å². The number of carbonyl (C=O) groups is 2. The van der Waals surface area contributed by atoms with E-state index >= 15 is 0 Å². The lowest BCUT2D eigenvalue weighted by molar-refractivity contribution is -0.137. The summed E-state index contributed by atoms with van der Waals surface area (Å²) < 4.78 is 18.6. The Kier molecular flexibility index (Phi) is 7.27. The highest BCUT2D eigenvalue weighted by atomic mass is 19.1. The minimum atomic E-state index is -0.492. The zero-order valence-electron chi connectivity index (χ0n) is 17.2. The maximum Gasteiger partial charge on any atom is 0.314 e. The molecule has 0 aliphatic carbocycles. The molecule has 6 nitrogen and oxygen atoms in total. The molecule has 0 saturated carbocycles. The molecule has 1 aliphatic rings. The van der Waals surface area contributed by atoms with Crippen LogP contribution in [0.2, 0.25) is 0 Å². The molecule has 1 unspecified atom stereocenters. The fourth-order valence-corrected chi connectivity index (χ4v) is 3.81. The van der Waals surface area contributed by atoms with Crippen LogP contribution >= 0.6 is 0 Å². The number of hydrogen-bond donors (Lipinski definition) is 1. The summed E-state index contributed by atoms with van der Waals surface area (Å²) in [6.07, 6.45) is 2.14. The normalized spacial score (nSPS) is 16.2. The first-order chi connectivity index (χ1) is 14.5. The third kappa shape index (κ3) is 5.72. The highest BCUT2D eigenvalue weighted by molar-refractivity contribution is 5.80. The van der Waals surface area contributed by atoms with Gasteiger partial charge >= 0.3 is 6.03 Å². The molecule has 1 fully saturated rings. The van der Waals surface area contributed by atoms with Gasteiger partial charge in [-0.1, -0.05) is 24.3 Å². The number of nitrogens with zero attached hydrogens (tertiary/aromatic N) is 2. The van der Waals surface area contributed by atoms with Crippen LogP contribution in [0.15, 0.2) is 48.5 Å². The van der Waals surface area contributed by atoms with E-state index in [1.54, 1.807) is 24.1 Å². The molecule has 1 atom stereocenters. The third-order valence-corrected chi connectivity index (χ3v) is 5.49. The molecule has 7 heteroatoms. The van der Waals surface area contributed by atoms with Gasteiger partial charge in [-0.15, -0.1) is 0 Å². The number of methoxy groups -OCH3 is 1. The number of amides is 3. The van der Waals surface area contributed by atoms with Crippen LogP contribution in [-0.4, -0.2) is 48.5 Å². The molecule has 1 aliphatic heterocycles. The molecule has 2 N–H and O–H groups in total. The van der Waals surface area contributed by atoms with Gasteiger partial charge in [-0.25, -0.2) is 9.18 Å². The number of piperidine rings is 1. The van der Waals surface area contributed by atoms with Gasteiger partial charge in [0.1, 0.15) is 11.6 Å². The van der Waals surface area contributed by atoms with E-state index in [0.29, 0.717) is 32.6 Å². The lowest BCUT2D eigenvalue weighted by atomic mass is 9.96. The largest absolute Gasteiger partial charge is 0.497 e. The van der Waals surface area contributed by atoms with Crippen molar-refractivity contribution in [3.8, 4) is 5.75 Å². The molecule has 0 aromatic heterocycles. The Morgan fingerprint density at radius 1 is 1.20 bits per heavy atom. The van der Waals surface area contributed by atoms with Crippen molar-refractivity contribution < 1.29 is 18.7 Å². The molecule has 2 aromatic rings. The smallest absolute Gasteiger partial charge is 0.314 e. The van der Waals surface area contributed by atoms with Gasteiger partial charge in [-0.05, 0) is 54.7 Å². The van der Waals surface area contributed by atoms with Gasteiger partial charge in [-0.3, -0.25) is 4.79 Å². The van der Waals surface area contributed by atoms with Gasteiger partial charge in [0.2, 0.25) is 5.91 Å². The second-order valence-corrected chi connectivity index (χ2v) is 7.61. The first-order valence-electron chi connectivity index (χ1n) is 10.2. The number of carbonyl (C=O) groups excluding carboxylic acids is 2. The van der Waals surface area contributed by atoms with Gasteiger partial charge in [-0.2, -0.15) is 0 Å². The molecular weight excluding hydrogens is 385 g/mol. The summed E-state index contributed by atoms with van der Waals surface area (Å²) in [6.45, 7) is 1.82. The van der Waals surface area contributed by atoms with E-state index in [2.05, 4.69) is 0 Å². The van der Waals surface area contributed by atoms with Gasteiger partial charge in [0.05, 0.1) is 13.0 Å². The summed E-state index contributed by atoms with van der Waals surface area (Å²) in [6, 6.07) is 13.4. The average Bonchev–Trinajstić information content (AvgIpc) is 2.77. The fourth-order valence-electron chi connectivity index (χ4n) is 3.81. The number of primary amides is 1. The van der Waals surface area contributed by atoms with Crippen molar-refractivity contribution in [3.05, 3.63) is 65.5 Å². The lowest BCUT2D eigenvalue weighted by Crippen LogP contribution is -2.48. The van der Waals surface area contributed by atoms with Crippen LogP contribution in [0.5, 0.6) is 5.75 Å². The number of hydrogen-bond acceptors (Lipinski definition) is 3. The number of rotatable bonds is 7. The monoisotopic (exact) mass is 413 g/mol. The molecule has 0 spiro atoms. The Morgan fingerprint density at radius 2 is 1.97 bits per heavy atom. The van der Waals surface area contributed by atoms with Crippen LogP contribution in [0, 0.1) is 11.7 Å². The van der Waals surface area contributed by atoms with Crippen LogP contribution in [0.25, 0.3) is 0 Å². The molecule has 30 heavy (non-hydrogen) atoms. The SMILES string of the molecule is COc1cccc(CCN(Cc2ccc(F)cc2)C(=O)C2CCCN(C(N)=O)C2)c1. The Balaban J connectivity index is 1.74. The summed E-state index contributed by atoms with van der Waals surface area (Å²) >= 11 is 0. The van der Waals surface area contributed by atoms with Crippen molar-refractivity contribution in [1.29, 1.82) is 0 Å². The Hall–Kier alpha value is -3.09. The number of halogens is 1.